The highest BCUT2D eigenvalue weighted by atomic mass is 16.5. The minimum absolute atomic E-state index is 0.0421. The van der Waals surface area contributed by atoms with Crippen molar-refractivity contribution in [2.75, 3.05) is 6.54 Å². The van der Waals surface area contributed by atoms with Crippen molar-refractivity contribution in [3.63, 3.8) is 0 Å². The molecule has 0 radical (unpaired) electrons. The zero-order valence-electron chi connectivity index (χ0n) is 7.53. The third kappa shape index (κ3) is 1.90. The first-order valence-electron chi connectivity index (χ1n) is 3.82. The summed E-state index contributed by atoms with van der Waals surface area (Å²) in [4.78, 5) is 14.7. The third-order valence-corrected chi connectivity index (χ3v) is 1.58. The Morgan fingerprint density at radius 1 is 1.58 bits per heavy atom. The Morgan fingerprint density at radius 3 is 2.58 bits per heavy atom. The summed E-state index contributed by atoms with van der Waals surface area (Å²) in [6, 6.07) is 0. The van der Waals surface area contributed by atoms with Crippen LogP contribution in [0, 0.1) is 5.41 Å². The van der Waals surface area contributed by atoms with Gasteiger partial charge in [-0.1, -0.05) is 20.8 Å². The lowest BCUT2D eigenvalue weighted by Crippen LogP contribution is -2.34. The van der Waals surface area contributed by atoms with E-state index in [-0.39, 0.29) is 17.9 Å². The number of aliphatic imine (C=N–C) groups is 1. The molecular weight excluding hydrogens is 156 g/mol. The summed E-state index contributed by atoms with van der Waals surface area (Å²) in [5, 5.41) is 9.09. The van der Waals surface area contributed by atoms with Crippen LogP contribution in [0.2, 0.25) is 0 Å². The normalized spacial score (nSPS) is 18.8. The Balaban J connectivity index is 2.99. The van der Waals surface area contributed by atoms with Crippen LogP contribution in [0.25, 0.3) is 0 Å². The number of hydrogen-bond donors (Lipinski definition) is 1. The fourth-order valence-corrected chi connectivity index (χ4v) is 0.885. The average molecular weight is 169 g/mol. The van der Waals surface area contributed by atoms with Crippen LogP contribution in [0.5, 0.6) is 0 Å². The van der Waals surface area contributed by atoms with E-state index in [0.717, 1.165) is 4.74 Å². The van der Waals surface area contributed by atoms with E-state index in [4.69, 9.17) is 5.21 Å². The van der Waals surface area contributed by atoms with Crippen LogP contribution in [0.1, 0.15) is 20.8 Å². The van der Waals surface area contributed by atoms with E-state index in [0.29, 0.717) is 5.71 Å². The van der Waals surface area contributed by atoms with Gasteiger partial charge in [0.1, 0.15) is 5.71 Å². The van der Waals surface area contributed by atoms with Crippen molar-refractivity contribution in [2.24, 2.45) is 10.4 Å². The summed E-state index contributed by atoms with van der Waals surface area (Å²) in [7, 11) is 0. The van der Waals surface area contributed by atoms with E-state index in [1.54, 1.807) is 0 Å². The molecule has 1 N–H and O–H groups in total. The topological polar surface area (TPSA) is 52.7 Å². The molecule has 0 aliphatic carbocycles. The van der Waals surface area contributed by atoms with Gasteiger partial charge in [-0.2, -0.15) is 0 Å². The maximum absolute atomic E-state index is 10.9. The molecule has 0 bridgehead atoms. The van der Waals surface area contributed by atoms with Gasteiger partial charge >= 0.3 is 5.91 Å². The van der Waals surface area contributed by atoms with Gasteiger partial charge in [-0.05, 0) is 4.74 Å². The number of rotatable bonds is 0. The van der Waals surface area contributed by atoms with Crippen molar-refractivity contribution in [3.8, 4) is 0 Å². The fourth-order valence-electron chi connectivity index (χ4n) is 0.885. The summed E-state index contributed by atoms with van der Waals surface area (Å²) in [5.41, 5.74) is 0.415. The van der Waals surface area contributed by atoms with Crippen molar-refractivity contribution in [1.82, 2.24) is 0 Å². The molecule has 4 heteroatoms. The lowest BCUT2D eigenvalue weighted by molar-refractivity contribution is -0.762. The second-order valence-corrected chi connectivity index (χ2v) is 3.87. The first-order chi connectivity index (χ1) is 5.39. The summed E-state index contributed by atoms with van der Waals surface area (Å²) < 4.78 is 0.871. The maximum Gasteiger partial charge on any atom is 0.316 e. The van der Waals surface area contributed by atoms with Gasteiger partial charge in [0.2, 0.25) is 6.21 Å². The van der Waals surface area contributed by atoms with Crippen molar-refractivity contribution < 1.29 is 14.7 Å². The highest BCUT2D eigenvalue weighted by molar-refractivity contribution is 6.33. The Labute approximate surface area is 71.2 Å². The second-order valence-electron chi connectivity index (χ2n) is 3.87. The van der Waals surface area contributed by atoms with Crippen molar-refractivity contribution in [3.05, 3.63) is 0 Å². The molecule has 1 aliphatic heterocycles. The van der Waals surface area contributed by atoms with Crippen LogP contribution < -0.4 is 0 Å². The minimum atomic E-state index is -0.301. The zero-order chi connectivity index (χ0) is 9.35. The molecule has 66 valence electrons. The molecule has 0 fully saturated rings. The summed E-state index contributed by atoms with van der Waals surface area (Å²) in [6.45, 7) is 5.78. The first kappa shape index (κ1) is 8.90. The van der Waals surface area contributed by atoms with E-state index >= 15 is 0 Å². The molecule has 0 atom stereocenters. The van der Waals surface area contributed by atoms with E-state index < -0.39 is 0 Å². The third-order valence-electron chi connectivity index (χ3n) is 1.58. The van der Waals surface area contributed by atoms with Gasteiger partial charge in [-0.15, -0.1) is 0 Å². The lowest BCUT2D eigenvalue weighted by Gasteiger charge is -2.17. The first-order valence-corrected chi connectivity index (χ1v) is 3.82. The number of amides is 1. The van der Waals surface area contributed by atoms with E-state index in [1.807, 2.05) is 20.8 Å². The molecule has 1 rings (SSSR count). The van der Waals surface area contributed by atoms with Gasteiger partial charge < -0.3 is 0 Å². The largest absolute Gasteiger partial charge is 0.316 e. The van der Waals surface area contributed by atoms with Gasteiger partial charge in [-0.3, -0.25) is 10.0 Å². The molecule has 1 amide bonds. The Morgan fingerprint density at radius 2 is 2.17 bits per heavy atom. The predicted molar refractivity (Wildman–Crippen MR) is 44.9 cm³/mol. The van der Waals surface area contributed by atoms with Gasteiger partial charge in [-0.25, -0.2) is 4.99 Å². The van der Waals surface area contributed by atoms with Crippen LogP contribution in [0.15, 0.2) is 4.99 Å². The van der Waals surface area contributed by atoms with Crippen molar-refractivity contribution >= 4 is 17.8 Å². The van der Waals surface area contributed by atoms with Crippen LogP contribution in [-0.4, -0.2) is 34.3 Å². The number of hydrogen-bond acceptors (Lipinski definition) is 2. The van der Waals surface area contributed by atoms with Gasteiger partial charge in [0.25, 0.3) is 6.54 Å². The predicted octanol–water partition coefficient (Wildman–Crippen LogP) is 0.486. The van der Waals surface area contributed by atoms with Crippen LogP contribution in [-0.2, 0) is 4.79 Å². The molecule has 0 aromatic heterocycles. The molecule has 0 spiro atoms. The summed E-state index contributed by atoms with van der Waals surface area (Å²) in [5.74, 6) is -0.301. The van der Waals surface area contributed by atoms with Gasteiger partial charge in [0, 0.05) is 5.41 Å². The van der Waals surface area contributed by atoms with Crippen LogP contribution in [0.3, 0.4) is 0 Å². The Bertz CT molecular complexity index is 271. The molecule has 0 unspecified atom stereocenters. The van der Waals surface area contributed by atoms with Gasteiger partial charge in [0.15, 0.2) is 0 Å². The molecule has 0 aromatic rings. The van der Waals surface area contributed by atoms with Crippen molar-refractivity contribution in [1.29, 1.82) is 0 Å². The highest BCUT2D eigenvalue weighted by Gasteiger charge is 2.27. The lowest BCUT2D eigenvalue weighted by atomic mass is 9.90. The average Bonchev–Trinajstić information content (AvgIpc) is 1.82. The molecular formula is C8H13N2O2+. The van der Waals surface area contributed by atoms with E-state index in [9.17, 15) is 4.79 Å². The molecule has 0 aromatic carbocycles. The van der Waals surface area contributed by atoms with E-state index in [1.165, 1.54) is 6.21 Å². The standard InChI is InChI=1S/C8H13N2O2/c1-8(2,3)6-4-10(12)5-7(11)9-6/h4,12H,5H2,1-3H3/q+1. The monoisotopic (exact) mass is 169 g/mol. The van der Waals surface area contributed by atoms with Crippen LogP contribution >= 0.6 is 0 Å². The number of carbonyl (C=O) groups excluding carboxylic acids is 1. The summed E-state index contributed by atoms with van der Waals surface area (Å²) in [6.07, 6.45) is 1.49. The second kappa shape index (κ2) is 2.69. The molecule has 12 heavy (non-hydrogen) atoms. The number of carbonyl (C=O) groups is 1. The van der Waals surface area contributed by atoms with Crippen molar-refractivity contribution in [2.45, 2.75) is 20.8 Å². The quantitative estimate of drug-likeness (QED) is 0.423. The minimum Gasteiger partial charge on any atom is -0.290 e. The molecule has 0 saturated heterocycles. The highest BCUT2D eigenvalue weighted by Crippen LogP contribution is 2.15. The molecule has 0 saturated carbocycles. The number of nitrogens with zero attached hydrogens (tertiary/aromatic N) is 2. The number of hydroxylamine groups is 1. The van der Waals surface area contributed by atoms with E-state index in [2.05, 4.69) is 4.99 Å². The zero-order valence-corrected chi connectivity index (χ0v) is 7.53. The molecule has 4 nitrogen and oxygen atoms in total. The summed E-state index contributed by atoms with van der Waals surface area (Å²) >= 11 is 0. The smallest absolute Gasteiger partial charge is 0.290 e. The SMILES string of the molecule is CC(C)(C)C1=NC(=O)C[N+](O)=C1. The Kier molecular flexibility index (Phi) is 2.00. The molecule has 1 aliphatic rings. The fraction of sp³-hybridized carbons (Fsp3) is 0.625. The maximum atomic E-state index is 10.9. The Hall–Kier alpha value is -1.19. The van der Waals surface area contributed by atoms with Gasteiger partial charge in [0.05, 0.1) is 0 Å². The molecule has 1 heterocycles. The van der Waals surface area contributed by atoms with Crippen LogP contribution in [0.4, 0.5) is 0 Å².